The van der Waals surface area contributed by atoms with Gasteiger partial charge in [0.25, 0.3) is 5.91 Å². The van der Waals surface area contributed by atoms with Crippen LogP contribution in [0.4, 0.5) is 0 Å². The molecule has 2 N–H and O–H groups in total. The van der Waals surface area contributed by atoms with Gasteiger partial charge in [-0.05, 0) is 38.5 Å². The fraction of sp³-hybridized carbons (Fsp3) is 0.696. The molecule has 0 bridgehead atoms. The fourth-order valence-electron chi connectivity index (χ4n) is 4.63. The summed E-state index contributed by atoms with van der Waals surface area (Å²) in [4.78, 5) is 15.0. The number of aliphatic hydroxyl groups excluding tert-OH is 1. The van der Waals surface area contributed by atoms with Crippen LogP contribution in [-0.2, 0) is 14.3 Å². The van der Waals surface area contributed by atoms with Gasteiger partial charge in [-0.25, -0.2) is 0 Å². The molecule has 172 valence electrons. The van der Waals surface area contributed by atoms with E-state index in [9.17, 15) is 9.90 Å². The maximum absolute atomic E-state index is 13.2. The van der Waals surface area contributed by atoms with Crippen LogP contribution in [0.1, 0.15) is 39.2 Å². The Morgan fingerprint density at radius 2 is 2.03 bits per heavy atom. The predicted octanol–water partition coefficient (Wildman–Crippen LogP) is 1.51. The van der Waals surface area contributed by atoms with Crippen LogP contribution < -0.4 is 14.8 Å². The number of ether oxygens (including phenoxy) is 4. The van der Waals surface area contributed by atoms with E-state index in [1.165, 1.54) is 0 Å². The van der Waals surface area contributed by atoms with Gasteiger partial charge in [0.15, 0.2) is 23.4 Å². The minimum Gasteiger partial charge on any atom is -0.493 e. The van der Waals surface area contributed by atoms with Crippen LogP contribution in [0.25, 0.3) is 0 Å². The van der Waals surface area contributed by atoms with E-state index in [2.05, 4.69) is 5.32 Å². The zero-order valence-corrected chi connectivity index (χ0v) is 19.0. The average Bonchev–Trinajstić information content (AvgIpc) is 3.24. The number of hydrogen-bond donors (Lipinski definition) is 2. The maximum Gasteiger partial charge on any atom is 0.254 e. The number of nitrogens with one attached hydrogen (secondary N) is 1. The Balaban J connectivity index is 1.58. The van der Waals surface area contributed by atoms with Gasteiger partial charge in [0.05, 0.1) is 19.8 Å². The lowest BCUT2D eigenvalue weighted by Gasteiger charge is -2.34. The molecule has 1 aromatic carbocycles. The van der Waals surface area contributed by atoms with Crippen molar-refractivity contribution in [3.63, 3.8) is 0 Å². The van der Waals surface area contributed by atoms with E-state index in [1.54, 1.807) is 18.9 Å². The molecule has 0 radical (unpaired) electrons. The molecule has 3 fully saturated rings. The Morgan fingerprint density at radius 1 is 1.29 bits per heavy atom. The topological polar surface area (TPSA) is 89.5 Å². The number of aliphatic hydroxyl groups is 1. The third kappa shape index (κ3) is 4.26. The second-order valence-electron chi connectivity index (χ2n) is 9.58. The third-order valence-corrected chi connectivity index (χ3v) is 6.91. The maximum atomic E-state index is 13.2. The van der Waals surface area contributed by atoms with Gasteiger partial charge in [-0.3, -0.25) is 4.79 Å². The van der Waals surface area contributed by atoms with E-state index in [-0.39, 0.29) is 24.5 Å². The van der Waals surface area contributed by atoms with Crippen molar-refractivity contribution in [3.8, 4) is 11.5 Å². The summed E-state index contributed by atoms with van der Waals surface area (Å²) in [5, 5.41) is 13.9. The quantitative estimate of drug-likeness (QED) is 0.702. The SMILES string of the molecule is COc1ccc([C@@H]2CN(C(=O)[C@@H]3COC(C)(C)O3)C[C@@]2(C)[C@@H](C)O)cc1OC1CNC1. The Kier molecular flexibility index (Phi) is 5.93. The van der Waals surface area contributed by atoms with Gasteiger partial charge in [-0.1, -0.05) is 13.0 Å². The zero-order valence-electron chi connectivity index (χ0n) is 19.0. The predicted molar refractivity (Wildman–Crippen MR) is 114 cm³/mol. The highest BCUT2D eigenvalue weighted by molar-refractivity contribution is 5.82. The molecule has 0 spiro atoms. The molecule has 4 atom stereocenters. The molecule has 3 aliphatic rings. The number of amides is 1. The first-order valence-electron chi connectivity index (χ1n) is 11.0. The molecule has 8 heteroatoms. The highest BCUT2D eigenvalue weighted by Crippen LogP contribution is 2.47. The van der Waals surface area contributed by atoms with E-state index < -0.39 is 23.4 Å². The first kappa shape index (κ1) is 22.3. The van der Waals surface area contributed by atoms with Crippen LogP contribution in [-0.4, -0.2) is 79.9 Å². The number of carbonyl (C=O) groups is 1. The second-order valence-corrected chi connectivity index (χ2v) is 9.58. The summed E-state index contributed by atoms with van der Waals surface area (Å²) < 4.78 is 23.0. The second kappa shape index (κ2) is 8.24. The Morgan fingerprint density at radius 3 is 2.58 bits per heavy atom. The molecule has 3 heterocycles. The summed E-state index contributed by atoms with van der Waals surface area (Å²) in [5.41, 5.74) is 0.514. The Bertz CT molecular complexity index is 824. The largest absolute Gasteiger partial charge is 0.493 e. The molecule has 3 aliphatic heterocycles. The lowest BCUT2D eigenvalue weighted by Crippen LogP contribution is -2.50. The van der Waals surface area contributed by atoms with E-state index in [0.717, 1.165) is 18.7 Å². The number of likely N-dealkylation sites (tertiary alicyclic amines) is 1. The molecule has 0 aromatic heterocycles. The van der Waals surface area contributed by atoms with Gasteiger partial charge < -0.3 is 34.3 Å². The number of hydrogen-bond acceptors (Lipinski definition) is 7. The molecular weight excluding hydrogens is 400 g/mol. The standard InChI is InChI=1S/C23H34N2O6/c1-14(26)23(4)13-25(21(27)20-12-29-22(2,3)31-20)11-17(23)15-6-7-18(28-5)19(8-15)30-16-9-24-10-16/h6-8,14,16-17,20,24,26H,9-13H2,1-5H3/t14-,17+,20+,23+/m1/s1. The molecule has 31 heavy (non-hydrogen) atoms. The van der Waals surface area contributed by atoms with E-state index in [4.69, 9.17) is 18.9 Å². The van der Waals surface area contributed by atoms with Crippen LogP contribution in [0, 0.1) is 5.41 Å². The van der Waals surface area contributed by atoms with Crippen molar-refractivity contribution in [1.82, 2.24) is 10.2 Å². The molecule has 1 amide bonds. The summed E-state index contributed by atoms with van der Waals surface area (Å²) >= 11 is 0. The molecular formula is C23H34N2O6. The van der Waals surface area contributed by atoms with Crippen LogP contribution in [0.15, 0.2) is 18.2 Å². The number of nitrogens with zero attached hydrogens (tertiary/aromatic N) is 1. The zero-order chi connectivity index (χ0) is 22.4. The van der Waals surface area contributed by atoms with Gasteiger partial charge in [-0.2, -0.15) is 0 Å². The van der Waals surface area contributed by atoms with Gasteiger partial charge in [0.2, 0.25) is 0 Å². The van der Waals surface area contributed by atoms with E-state index >= 15 is 0 Å². The smallest absolute Gasteiger partial charge is 0.254 e. The van der Waals surface area contributed by atoms with Crippen LogP contribution in [0.5, 0.6) is 11.5 Å². The molecule has 1 aromatic rings. The Labute approximate surface area is 183 Å². The number of carbonyl (C=O) groups excluding carboxylic acids is 1. The molecule has 3 saturated heterocycles. The summed E-state index contributed by atoms with van der Waals surface area (Å²) in [6.45, 7) is 10.3. The van der Waals surface area contributed by atoms with Crippen molar-refractivity contribution >= 4 is 5.91 Å². The average molecular weight is 435 g/mol. The van der Waals surface area contributed by atoms with Crippen molar-refractivity contribution in [1.29, 1.82) is 0 Å². The van der Waals surface area contributed by atoms with Crippen molar-refractivity contribution < 1.29 is 28.8 Å². The monoisotopic (exact) mass is 434 g/mol. The first-order valence-corrected chi connectivity index (χ1v) is 11.0. The van der Waals surface area contributed by atoms with Crippen molar-refractivity contribution in [2.75, 3.05) is 39.9 Å². The van der Waals surface area contributed by atoms with Gasteiger partial charge in [0, 0.05) is 37.5 Å². The van der Waals surface area contributed by atoms with Gasteiger partial charge >= 0.3 is 0 Å². The summed E-state index contributed by atoms with van der Waals surface area (Å²) in [6, 6.07) is 5.90. The number of methoxy groups -OCH3 is 1. The van der Waals surface area contributed by atoms with Gasteiger partial charge in [-0.15, -0.1) is 0 Å². The normalized spacial score (nSPS) is 31.4. The lowest BCUT2D eigenvalue weighted by atomic mass is 9.72. The first-order chi connectivity index (χ1) is 14.6. The van der Waals surface area contributed by atoms with Crippen LogP contribution >= 0.6 is 0 Å². The van der Waals surface area contributed by atoms with Crippen LogP contribution in [0.3, 0.4) is 0 Å². The molecule has 8 nitrogen and oxygen atoms in total. The minimum absolute atomic E-state index is 0.0560. The minimum atomic E-state index is -0.758. The summed E-state index contributed by atoms with van der Waals surface area (Å²) in [7, 11) is 1.63. The van der Waals surface area contributed by atoms with Gasteiger partial charge in [0.1, 0.15) is 6.10 Å². The number of rotatable bonds is 6. The molecule has 0 saturated carbocycles. The molecule has 4 rings (SSSR count). The third-order valence-electron chi connectivity index (χ3n) is 6.91. The van der Waals surface area contributed by atoms with Crippen LogP contribution in [0.2, 0.25) is 0 Å². The summed E-state index contributed by atoms with van der Waals surface area (Å²) in [6.07, 6.45) is -1.10. The summed E-state index contributed by atoms with van der Waals surface area (Å²) in [5.74, 6) is 0.466. The van der Waals surface area contributed by atoms with E-state index in [1.807, 2.05) is 39.0 Å². The van der Waals surface area contributed by atoms with Crippen molar-refractivity contribution in [2.24, 2.45) is 5.41 Å². The van der Waals surface area contributed by atoms with Crippen molar-refractivity contribution in [3.05, 3.63) is 23.8 Å². The Hall–Kier alpha value is -1.87. The van der Waals surface area contributed by atoms with Crippen molar-refractivity contribution in [2.45, 2.75) is 57.7 Å². The molecule has 0 unspecified atom stereocenters. The fourth-order valence-corrected chi connectivity index (χ4v) is 4.63. The highest BCUT2D eigenvalue weighted by atomic mass is 16.7. The molecule has 0 aliphatic carbocycles. The number of benzene rings is 1. The van der Waals surface area contributed by atoms with E-state index in [0.29, 0.717) is 24.6 Å². The highest BCUT2D eigenvalue weighted by Gasteiger charge is 2.50. The lowest BCUT2D eigenvalue weighted by molar-refractivity contribution is -0.159.